The van der Waals surface area contributed by atoms with Gasteiger partial charge in [-0.05, 0) is 18.8 Å². The molecule has 0 aliphatic heterocycles. The van der Waals surface area contributed by atoms with Crippen LogP contribution in [0, 0.1) is 11.8 Å². The summed E-state index contributed by atoms with van der Waals surface area (Å²) in [4.78, 5) is 21.5. The second kappa shape index (κ2) is 17.4. The number of hydrogen-bond acceptors (Lipinski definition) is 2. The summed E-state index contributed by atoms with van der Waals surface area (Å²) in [6.07, 6.45) is 18.0. The lowest BCUT2D eigenvalue weighted by Gasteiger charge is -2.15. The normalized spacial score (nSPS) is 12.4. The van der Waals surface area contributed by atoms with Crippen LogP contribution < -0.4 is 0 Å². The number of hydrogen-bond donors (Lipinski definition) is 2. The minimum atomic E-state index is -0.676. The Morgan fingerprint density at radius 3 is 1.27 bits per heavy atom. The smallest absolute Gasteiger partial charge is 0.306 e. The van der Waals surface area contributed by atoms with Crippen molar-refractivity contribution in [2.75, 3.05) is 0 Å². The van der Waals surface area contributed by atoms with E-state index in [0.29, 0.717) is 6.42 Å². The minimum absolute atomic E-state index is 0.174. The highest BCUT2D eigenvalue weighted by Crippen LogP contribution is 2.20. The van der Waals surface area contributed by atoms with Gasteiger partial charge >= 0.3 is 11.9 Å². The Balaban J connectivity index is 3.22. The Bertz CT molecular complexity index is 352. The van der Waals surface area contributed by atoms with Gasteiger partial charge in [0.2, 0.25) is 0 Å². The van der Waals surface area contributed by atoms with Crippen molar-refractivity contribution in [1.29, 1.82) is 0 Å². The van der Waals surface area contributed by atoms with Gasteiger partial charge in [-0.2, -0.15) is 0 Å². The number of carboxylic acids is 2. The van der Waals surface area contributed by atoms with Crippen molar-refractivity contribution in [2.24, 2.45) is 11.8 Å². The molecule has 1 unspecified atom stereocenters. The molecule has 0 aliphatic carbocycles. The van der Waals surface area contributed by atoms with Crippen molar-refractivity contribution in [3.63, 3.8) is 0 Å². The molecule has 0 saturated heterocycles. The monoisotopic (exact) mass is 370 g/mol. The maximum absolute atomic E-state index is 11.1. The van der Waals surface area contributed by atoms with Crippen LogP contribution in [0.15, 0.2) is 0 Å². The summed E-state index contributed by atoms with van der Waals surface area (Å²) in [6, 6.07) is 0. The first kappa shape index (κ1) is 24.9. The average molecular weight is 371 g/mol. The van der Waals surface area contributed by atoms with Gasteiger partial charge < -0.3 is 10.2 Å². The van der Waals surface area contributed by atoms with E-state index < -0.39 is 11.9 Å². The van der Waals surface area contributed by atoms with Crippen LogP contribution in [0.3, 0.4) is 0 Å². The van der Waals surface area contributed by atoms with E-state index in [1.54, 1.807) is 0 Å². The van der Waals surface area contributed by atoms with Crippen molar-refractivity contribution < 1.29 is 19.8 Å². The lowest BCUT2D eigenvalue weighted by molar-refractivity contribution is -0.143. The molecule has 0 heterocycles. The summed E-state index contributed by atoms with van der Waals surface area (Å²) < 4.78 is 0. The molecule has 154 valence electrons. The van der Waals surface area contributed by atoms with E-state index >= 15 is 0 Å². The molecule has 0 bridgehead atoms. The van der Waals surface area contributed by atoms with Gasteiger partial charge in [0.05, 0.1) is 5.92 Å². The maximum atomic E-state index is 11.1. The van der Waals surface area contributed by atoms with E-state index in [2.05, 4.69) is 0 Å². The molecule has 0 aliphatic rings. The third kappa shape index (κ3) is 16.4. The second-order valence-corrected chi connectivity index (χ2v) is 8.07. The van der Waals surface area contributed by atoms with E-state index in [1.165, 1.54) is 70.6 Å². The summed E-state index contributed by atoms with van der Waals surface area (Å²) in [5.41, 5.74) is 0. The number of unbranched alkanes of at least 4 members (excludes halogenated alkanes) is 13. The fourth-order valence-electron chi connectivity index (χ4n) is 3.50. The molecule has 26 heavy (non-hydrogen) atoms. The average Bonchev–Trinajstić information content (AvgIpc) is 2.56. The Kier molecular flexibility index (Phi) is 16.7. The quantitative estimate of drug-likeness (QED) is 0.249. The van der Waals surface area contributed by atoms with Crippen LogP contribution in [0.5, 0.6) is 0 Å². The lowest BCUT2D eigenvalue weighted by atomic mass is 9.90. The van der Waals surface area contributed by atoms with Crippen LogP contribution in [-0.2, 0) is 9.59 Å². The molecule has 2 N–H and O–H groups in total. The van der Waals surface area contributed by atoms with E-state index in [9.17, 15) is 9.59 Å². The summed E-state index contributed by atoms with van der Waals surface area (Å²) >= 11 is 0. The van der Waals surface area contributed by atoms with E-state index in [-0.39, 0.29) is 11.8 Å². The molecule has 0 aromatic rings. The van der Waals surface area contributed by atoms with Crippen LogP contribution in [0.25, 0.3) is 0 Å². The third-order valence-corrected chi connectivity index (χ3v) is 5.28. The molecule has 4 heteroatoms. The Labute approximate surface area is 160 Å². The predicted molar refractivity (Wildman–Crippen MR) is 107 cm³/mol. The molecule has 0 spiro atoms. The van der Waals surface area contributed by atoms with Gasteiger partial charge in [0.15, 0.2) is 0 Å². The summed E-state index contributed by atoms with van der Waals surface area (Å²) in [5.74, 6) is -1.25. The predicted octanol–water partition coefficient (Wildman–Crippen LogP) is 6.67. The Hall–Kier alpha value is -1.06. The molecule has 0 aromatic carbocycles. The fourth-order valence-corrected chi connectivity index (χ4v) is 3.50. The lowest BCUT2D eigenvalue weighted by Crippen LogP contribution is -2.19. The van der Waals surface area contributed by atoms with Gasteiger partial charge in [0.1, 0.15) is 0 Å². The zero-order valence-electron chi connectivity index (χ0n) is 17.2. The highest BCUT2D eigenvalue weighted by Gasteiger charge is 2.20. The molecule has 0 amide bonds. The summed E-state index contributed by atoms with van der Waals surface area (Å²) in [6.45, 7) is 4.00. The van der Waals surface area contributed by atoms with E-state index in [1.807, 2.05) is 13.8 Å². The van der Waals surface area contributed by atoms with Crippen LogP contribution in [0.1, 0.15) is 117 Å². The molecule has 0 fully saturated rings. The standard InChI is InChI=1S/C22H42O4/c1-19(2)20(22(25)26)17-15-13-11-9-7-5-3-4-6-8-10-12-14-16-18-21(23)24/h19-20H,3-18H2,1-2H3,(H,23,24)(H,25,26). The summed E-state index contributed by atoms with van der Waals surface area (Å²) in [5, 5.41) is 17.7. The van der Waals surface area contributed by atoms with Crippen LogP contribution in [-0.4, -0.2) is 22.2 Å². The van der Waals surface area contributed by atoms with Crippen molar-refractivity contribution >= 4 is 11.9 Å². The van der Waals surface area contributed by atoms with Gasteiger partial charge in [-0.15, -0.1) is 0 Å². The van der Waals surface area contributed by atoms with Crippen LogP contribution in [0.4, 0.5) is 0 Å². The zero-order chi connectivity index (χ0) is 19.6. The van der Waals surface area contributed by atoms with Crippen LogP contribution >= 0.6 is 0 Å². The van der Waals surface area contributed by atoms with Gasteiger partial charge in [-0.25, -0.2) is 0 Å². The number of carboxylic acid groups (broad SMARTS) is 2. The highest BCUT2D eigenvalue weighted by atomic mass is 16.4. The zero-order valence-corrected chi connectivity index (χ0v) is 17.2. The number of aliphatic carboxylic acids is 2. The summed E-state index contributed by atoms with van der Waals surface area (Å²) in [7, 11) is 0. The molecule has 1 atom stereocenters. The molecular formula is C22H42O4. The number of rotatable bonds is 19. The number of carbonyl (C=O) groups is 2. The first-order valence-corrected chi connectivity index (χ1v) is 10.9. The van der Waals surface area contributed by atoms with Crippen molar-refractivity contribution in [1.82, 2.24) is 0 Å². The first-order valence-electron chi connectivity index (χ1n) is 10.9. The highest BCUT2D eigenvalue weighted by molar-refractivity contribution is 5.70. The van der Waals surface area contributed by atoms with E-state index in [0.717, 1.165) is 25.7 Å². The topological polar surface area (TPSA) is 74.6 Å². The molecule has 0 saturated carbocycles. The second-order valence-electron chi connectivity index (χ2n) is 8.07. The van der Waals surface area contributed by atoms with Gasteiger partial charge in [-0.1, -0.05) is 97.3 Å². The molecule has 0 radical (unpaired) electrons. The molecule has 0 rings (SSSR count). The van der Waals surface area contributed by atoms with Crippen molar-refractivity contribution in [2.45, 2.75) is 117 Å². The maximum Gasteiger partial charge on any atom is 0.306 e. The van der Waals surface area contributed by atoms with Crippen molar-refractivity contribution in [3.05, 3.63) is 0 Å². The van der Waals surface area contributed by atoms with Crippen LogP contribution in [0.2, 0.25) is 0 Å². The minimum Gasteiger partial charge on any atom is -0.481 e. The SMILES string of the molecule is CC(C)C(CCCCCCCCCCCCCCCCC(=O)O)C(=O)O. The third-order valence-electron chi connectivity index (χ3n) is 5.28. The first-order chi connectivity index (χ1) is 12.4. The van der Waals surface area contributed by atoms with Gasteiger partial charge in [0.25, 0.3) is 0 Å². The van der Waals surface area contributed by atoms with Gasteiger partial charge in [-0.3, -0.25) is 9.59 Å². The van der Waals surface area contributed by atoms with Crippen molar-refractivity contribution in [3.8, 4) is 0 Å². The molecule has 0 aromatic heterocycles. The van der Waals surface area contributed by atoms with Gasteiger partial charge in [0, 0.05) is 6.42 Å². The Morgan fingerprint density at radius 2 is 0.962 bits per heavy atom. The Morgan fingerprint density at radius 1 is 0.615 bits per heavy atom. The fraction of sp³-hybridized carbons (Fsp3) is 0.909. The molecular weight excluding hydrogens is 328 g/mol. The molecule has 4 nitrogen and oxygen atoms in total. The van der Waals surface area contributed by atoms with E-state index in [4.69, 9.17) is 10.2 Å². The largest absolute Gasteiger partial charge is 0.481 e.